The molecule has 9 nitrogen and oxygen atoms in total. The Hall–Kier alpha value is -3.11. The largest absolute Gasteiger partial charge is 0.376 e. The van der Waals surface area contributed by atoms with Gasteiger partial charge in [0.15, 0.2) is 11.3 Å². The molecular formula is C21H22FN7O2. The maximum absolute atomic E-state index is 14.1. The molecule has 1 N–H and O–H groups in total. The zero-order valence-corrected chi connectivity index (χ0v) is 16.9. The normalized spacial score (nSPS) is 21.6. The summed E-state index contributed by atoms with van der Waals surface area (Å²) in [6.45, 7) is 2.01. The second-order valence-corrected chi connectivity index (χ2v) is 8.21. The van der Waals surface area contributed by atoms with Crippen LogP contribution in [0.15, 0.2) is 35.5 Å². The minimum absolute atomic E-state index is 0.0654. The number of ether oxygens (including phenoxy) is 1. The molecule has 3 aromatic heterocycles. The van der Waals surface area contributed by atoms with Crippen LogP contribution >= 0.6 is 0 Å². The van der Waals surface area contributed by atoms with Gasteiger partial charge in [-0.1, -0.05) is 5.21 Å². The van der Waals surface area contributed by atoms with Crippen LogP contribution in [-0.2, 0) is 11.3 Å². The van der Waals surface area contributed by atoms with Gasteiger partial charge in [-0.05, 0) is 50.4 Å². The van der Waals surface area contributed by atoms with Crippen molar-refractivity contribution in [3.63, 3.8) is 0 Å². The van der Waals surface area contributed by atoms with Gasteiger partial charge in [0.25, 0.3) is 5.56 Å². The van der Waals surface area contributed by atoms with Gasteiger partial charge in [0.05, 0.1) is 35.9 Å². The van der Waals surface area contributed by atoms with Crippen LogP contribution in [-0.4, -0.2) is 48.2 Å². The molecule has 2 atom stereocenters. The lowest BCUT2D eigenvalue weighted by molar-refractivity contribution is 0.0973. The Labute approximate surface area is 176 Å². The van der Waals surface area contributed by atoms with Gasteiger partial charge >= 0.3 is 0 Å². The molecule has 2 aliphatic rings. The zero-order valence-electron chi connectivity index (χ0n) is 16.9. The van der Waals surface area contributed by atoms with Gasteiger partial charge in [-0.2, -0.15) is 4.68 Å². The summed E-state index contributed by atoms with van der Waals surface area (Å²) in [4.78, 5) is 18.1. The fourth-order valence-electron chi connectivity index (χ4n) is 4.69. The minimum Gasteiger partial charge on any atom is -0.376 e. The van der Waals surface area contributed by atoms with Crippen molar-refractivity contribution in [3.8, 4) is 5.82 Å². The first-order valence-corrected chi connectivity index (χ1v) is 10.7. The summed E-state index contributed by atoms with van der Waals surface area (Å²) in [5.74, 6) is 0.0201. The molecule has 2 aliphatic heterocycles. The third kappa shape index (κ3) is 3.05. The van der Waals surface area contributed by atoms with Gasteiger partial charge in [-0.15, -0.1) is 5.10 Å². The molecule has 1 aromatic carbocycles. The first kappa shape index (κ1) is 18.6. The van der Waals surface area contributed by atoms with Crippen molar-refractivity contribution >= 4 is 16.6 Å². The van der Waals surface area contributed by atoms with Crippen LogP contribution in [0.3, 0.4) is 0 Å². The van der Waals surface area contributed by atoms with Gasteiger partial charge in [-0.25, -0.2) is 9.37 Å². The molecule has 0 radical (unpaired) electrons. The summed E-state index contributed by atoms with van der Waals surface area (Å²) in [5, 5.41) is 11.9. The van der Waals surface area contributed by atoms with Gasteiger partial charge in [0.2, 0.25) is 0 Å². The standard InChI is InChI=1S/C21H22FN7O2/c22-13-5-6-17-18(9-13)27(10-14-3-2-8-31-14)21(30)19-20(24-12-28(17)19)29-11-16(25-26-29)15-4-1-7-23-15/h5-6,9,11-12,14-15,23H,1-4,7-8,10H2. The minimum atomic E-state index is -0.391. The molecule has 0 amide bonds. The Kier molecular flexibility index (Phi) is 4.35. The molecule has 0 bridgehead atoms. The third-order valence-electron chi connectivity index (χ3n) is 6.24. The van der Waals surface area contributed by atoms with Gasteiger partial charge in [0.1, 0.15) is 17.8 Å². The first-order chi connectivity index (χ1) is 15.2. The predicted molar refractivity (Wildman–Crippen MR) is 111 cm³/mol. The summed E-state index contributed by atoms with van der Waals surface area (Å²) < 4.78 is 24.7. The SMILES string of the molecule is O=c1c2c(-n3cc(C4CCCN4)nn3)ncn2c2ccc(F)cc2n1CC1CCCO1. The Morgan fingerprint density at radius 3 is 2.97 bits per heavy atom. The average molecular weight is 423 g/mol. The lowest BCUT2D eigenvalue weighted by Gasteiger charge is -2.16. The zero-order chi connectivity index (χ0) is 20.9. The topological polar surface area (TPSA) is 91.3 Å². The number of imidazole rings is 1. The fourth-order valence-corrected chi connectivity index (χ4v) is 4.69. The van der Waals surface area contributed by atoms with Crippen molar-refractivity contribution in [1.82, 2.24) is 34.3 Å². The highest BCUT2D eigenvalue weighted by Crippen LogP contribution is 2.24. The van der Waals surface area contributed by atoms with E-state index in [1.165, 1.54) is 12.1 Å². The Bertz CT molecular complexity index is 1330. The lowest BCUT2D eigenvalue weighted by Crippen LogP contribution is -2.28. The van der Waals surface area contributed by atoms with E-state index in [2.05, 4.69) is 20.6 Å². The molecule has 160 valence electrons. The summed E-state index contributed by atoms with van der Waals surface area (Å²) in [5.41, 5.74) is 2.18. The highest BCUT2D eigenvalue weighted by Gasteiger charge is 2.24. The van der Waals surface area contributed by atoms with Crippen LogP contribution in [0.4, 0.5) is 4.39 Å². The number of benzene rings is 1. The molecule has 2 fully saturated rings. The monoisotopic (exact) mass is 423 g/mol. The first-order valence-electron chi connectivity index (χ1n) is 10.7. The quantitative estimate of drug-likeness (QED) is 0.540. The van der Waals surface area contributed by atoms with E-state index < -0.39 is 5.82 Å². The van der Waals surface area contributed by atoms with E-state index in [0.29, 0.717) is 35.5 Å². The number of rotatable bonds is 4. The Morgan fingerprint density at radius 2 is 2.16 bits per heavy atom. The Morgan fingerprint density at radius 1 is 1.23 bits per heavy atom. The van der Waals surface area contributed by atoms with Crippen molar-refractivity contribution in [2.75, 3.05) is 13.2 Å². The molecule has 2 saturated heterocycles. The number of hydrogen-bond donors (Lipinski definition) is 1. The van der Waals surface area contributed by atoms with Crippen LogP contribution in [0.2, 0.25) is 0 Å². The van der Waals surface area contributed by atoms with Crippen LogP contribution < -0.4 is 10.9 Å². The molecular weight excluding hydrogens is 401 g/mol. The smallest absolute Gasteiger partial charge is 0.279 e. The maximum atomic E-state index is 14.1. The number of halogens is 1. The molecule has 4 aromatic rings. The fraction of sp³-hybridized carbons (Fsp3) is 0.429. The average Bonchev–Trinajstić information content (AvgIpc) is 3.56. The summed E-state index contributed by atoms with van der Waals surface area (Å²) in [7, 11) is 0. The van der Waals surface area contributed by atoms with Crippen LogP contribution in [0, 0.1) is 5.82 Å². The van der Waals surface area contributed by atoms with Crippen molar-refractivity contribution in [2.24, 2.45) is 0 Å². The third-order valence-corrected chi connectivity index (χ3v) is 6.24. The van der Waals surface area contributed by atoms with Crippen LogP contribution in [0.25, 0.3) is 22.4 Å². The van der Waals surface area contributed by atoms with Crippen molar-refractivity contribution in [2.45, 2.75) is 44.4 Å². The number of hydrogen-bond acceptors (Lipinski definition) is 6. The van der Waals surface area contributed by atoms with Crippen molar-refractivity contribution in [3.05, 3.63) is 52.6 Å². The molecule has 10 heteroatoms. The number of aromatic nitrogens is 6. The molecule has 0 saturated carbocycles. The maximum Gasteiger partial charge on any atom is 0.279 e. The van der Waals surface area contributed by atoms with E-state index in [0.717, 1.165) is 37.9 Å². The molecule has 0 spiro atoms. The van der Waals surface area contributed by atoms with Gasteiger partial charge in [0, 0.05) is 6.61 Å². The molecule has 5 heterocycles. The second kappa shape index (κ2) is 7.24. The summed E-state index contributed by atoms with van der Waals surface area (Å²) in [6, 6.07) is 4.62. The second-order valence-electron chi connectivity index (χ2n) is 8.21. The van der Waals surface area contributed by atoms with E-state index in [-0.39, 0.29) is 17.7 Å². The lowest BCUT2D eigenvalue weighted by atomic mass is 10.2. The van der Waals surface area contributed by atoms with Crippen molar-refractivity contribution in [1.29, 1.82) is 0 Å². The number of fused-ring (bicyclic) bond motifs is 3. The molecule has 2 unspecified atom stereocenters. The van der Waals surface area contributed by atoms with Gasteiger partial charge < -0.3 is 14.6 Å². The summed E-state index contributed by atoms with van der Waals surface area (Å²) in [6.07, 6.45) is 7.28. The van der Waals surface area contributed by atoms with Crippen molar-refractivity contribution < 1.29 is 9.13 Å². The molecule has 31 heavy (non-hydrogen) atoms. The molecule has 6 rings (SSSR count). The van der Waals surface area contributed by atoms with Crippen LogP contribution in [0.5, 0.6) is 0 Å². The van der Waals surface area contributed by atoms with E-state index >= 15 is 0 Å². The van der Waals surface area contributed by atoms with E-state index in [9.17, 15) is 9.18 Å². The van der Waals surface area contributed by atoms with Gasteiger partial charge in [-0.3, -0.25) is 9.20 Å². The van der Waals surface area contributed by atoms with Crippen LogP contribution in [0.1, 0.15) is 37.4 Å². The predicted octanol–water partition coefficient (Wildman–Crippen LogP) is 1.97. The summed E-state index contributed by atoms with van der Waals surface area (Å²) >= 11 is 0. The highest BCUT2D eigenvalue weighted by molar-refractivity contribution is 5.81. The number of nitrogens with one attached hydrogen (secondary N) is 1. The van der Waals surface area contributed by atoms with E-state index in [4.69, 9.17) is 4.74 Å². The highest BCUT2D eigenvalue weighted by atomic mass is 19.1. The van der Waals surface area contributed by atoms with E-state index in [1.54, 1.807) is 26.0 Å². The molecule has 0 aliphatic carbocycles. The van der Waals surface area contributed by atoms with E-state index in [1.807, 2.05) is 6.20 Å². The Balaban J connectivity index is 1.54. The number of nitrogens with zero attached hydrogens (tertiary/aromatic N) is 6.